The lowest BCUT2D eigenvalue weighted by atomic mass is 9.67. The van der Waals surface area contributed by atoms with Crippen molar-refractivity contribution in [3.63, 3.8) is 0 Å². The van der Waals surface area contributed by atoms with E-state index in [9.17, 15) is 9.59 Å². The minimum atomic E-state index is -0.0841. The van der Waals surface area contributed by atoms with E-state index in [1.807, 2.05) is 9.36 Å². The van der Waals surface area contributed by atoms with Crippen molar-refractivity contribution in [2.75, 3.05) is 0 Å². The van der Waals surface area contributed by atoms with Crippen LogP contribution in [-0.2, 0) is 7.05 Å². The maximum atomic E-state index is 12.5. The van der Waals surface area contributed by atoms with Crippen LogP contribution in [0.5, 0.6) is 0 Å². The molecule has 1 aromatic rings. The molecule has 102 valence electrons. The maximum absolute atomic E-state index is 12.5. The first-order chi connectivity index (χ1) is 9.68. The Balaban J connectivity index is 1.69. The summed E-state index contributed by atoms with van der Waals surface area (Å²) in [7, 11) is 1.63. The van der Waals surface area contributed by atoms with Crippen LogP contribution in [0.1, 0.15) is 24.9 Å². The fourth-order valence-electron chi connectivity index (χ4n) is 7.92. The number of hydrogen-bond acceptors (Lipinski definition) is 2. The van der Waals surface area contributed by atoms with E-state index in [0.29, 0.717) is 34.7 Å². The third-order valence-corrected chi connectivity index (χ3v) is 8.06. The van der Waals surface area contributed by atoms with Crippen LogP contribution < -0.4 is 11.4 Å². The van der Waals surface area contributed by atoms with Crippen molar-refractivity contribution in [2.45, 2.75) is 24.9 Å². The number of aromatic nitrogens is 3. The van der Waals surface area contributed by atoms with Crippen LogP contribution in [0.4, 0.5) is 0 Å². The summed E-state index contributed by atoms with van der Waals surface area (Å²) in [6.07, 6.45) is 6.92. The number of nitrogens with zero attached hydrogens (tertiary/aromatic N) is 3. The predicted octanol–water partition coefficient (Wildman–Crippen LogP) is 0.286. The molecule has 4 fully saturated rings. The van der Waals surface area contributed by atoms with Gasteiger partial charge in [0.1, 0.15) is 0 Å². The van der Waals surface area contributed by atoms with Gasteiger partial charge in [-0.1, -0.05) is 12.2 Å². The molecule has 5 heteroatoms. The van der Waals surface area contributed by atoms with Crippen molar-refractivity contribution >= 4 is 0 Å². The largest absolute Gasteiger partial charge is 0.347 e. The molecule has 8 rings (SSSR count). The van der Waals surface area contributed by atoms with Crippen molar-refractivity contribution in [1.29, 1.82) is 0 Å². The van der Waals surface area contributed by atoms with Crippen LogP contribution in [0.2, 0.25) is 0 Å². The molecule has 0 radical (unpaired) electrons. The molecule has 3 heterocycles. The molecule has 0 aromatic carbocycles. The third kappa shape index (κ3) is 0.504. The number of allylic oxidation sites excluding steroid dienone is 2. The second-order valence-electron chi connectivity index (χ2n) is 7.87. The molecule has 5 aliphatic carbocycles. The van der Waals surface area contributed by atoms with Gasteiger partial charge in [-0.2, -0.15) is 0 Å². The van der Waals surface area contributed by atoms with E-state index in [1.165, 1.54) is 4.57 Å². The first-order valence-corrected chi connectivity index (χ1v) is 7.73. The summed E-state index contributed by atoms with van der Waals surface area (Å²) in [5.74, 6) is 3.03. The van der Waals surface area contributed by atoms with E-state index in [0.717, 1.165) is 24.7 Å². The lowest BCUT2D eigenvalue weighted by molar-refractivity contribution is -0.00147. The molecular weight excluding hydrogens is 254 g/mol. The van der Waals surface area contributed by atoms with E-state index in [-0.39, 0.29) is 11.4 Å². The van der Waals surface area contributed by atoms with Crippen LogP contribution in [-0.4, -0.2) is 13.9 Å². The van der Waals surface area contributed by atoms with Gasteiger partial charge in [0.25, 0.3) is 0 Å². The first-order valence-electron chi connectivity index (χ1n) is 7.73. The fraction of sp³-hybridized carbons (Fsp3) is 0.733. The van der Waals surface area contributed by atoms with Crippen molar-refractivity contribution in [3.05, 3.63) is 33.1 Å². The van der Waals surface area contributed by atoms with Gasteiger partial charge < -0.3 is 0 Å². The third-order valence-electron chi connectivity index (χ3n) is 8.06. The molecule has 4 saturated carbocycles. The van der Waals surface area contributed by atoms with Gasteiger partial charge in [0.2, 0.25) is 0 Å². The zero-order chi connectivity index (χ0) is 13.2. The summed E-state index contributed by atoms with van der Waals surface area (Å²) in [4.78, 5) is 25.0. The van der Waals surface area contributed by atoms with Crippen molar-refractivity contribution in [1.82, 2.24) is 13.9 Å². The summed E-state index contributed by atoms with van der Waals surface area (Å²) < 4.78 is 5.06. The van der Waals surface area contributed by atoms with Gasteiger partial charge in [-0.05, 0) is 36.5 Å². The molecule has 7 aliphatic rings. The minimum absolute atomic E-state index is 0.0841. The smallest absolute Gasteiger partial charge is 0.246 e. The molecule has 0 saturated heterocycles. The summed E-state index contributed by atoms with van der Waals surface area (Å²) in [6, 6.07) is 0.637. The molecule has 20 heavy (non-hydrogen) atoms. The van der Waals surface area contributed by atoms with E-state index in [1.54, 1.807) is 7.05 Å². The fourth-order valence-corrected chi connectivity index (χ4v) is 7.92. The van der Waals surface area contributed by atoms with Crippen LogP contribution >= 0.6 is 0 Å². The summed E-state index contributed by atoms with van der Waals surface area (Å²) in [5.41, 5.74) is 0.515. The van der Waals surface area contributed by atoms with Gasteiger partial charge in [-0.3, -0.25) is 0 Å². The normalized spacial score (nSPS) is 60.5. The summed E-state index contributed by atoms with van der Waals surface area (Å²) in [5, 5.41) is 0. The van der Waals surface area contributed by atoms with Gasteiger partial charge in [-0.15, -0.1) is 0 Å². The molecule has 2 aliphatic heterocycles. The zero-order valence-corrected chi connectivity index (χ0v) is 11.2. The quantitative estimate of drug-likeness (QED) is 0.635. The highest BCUT2D eigenvalue weighted by atomic mass is 16.2. The molecular formula is C15H15N3O2. The summed E-state index contributed by atoms with van der Waals surface area (Å²) in [6.45, 7) is 0. The molecule has 5 nitrogen and oxygen atoms in total. The Morgan fingerprint density at radius 2 is 1.45 bits per heavy atom. The highest BCUT2D eigenvalue weighted by Crippen LogP contribution is 3.04. The van der Waals surface area contributed by atoms with Crippen LogP contribution in [0, 0.1) is 34.5 Å². The predicted molar refractivity (Wildman–Crippen MR) is 69.2 cm³/mol. The average Bonchev–Trinajstić information content (AvgIpc) is 3.24. The van der Waals surface area contributed by atoms with Crippen LogP contribution in [0.3, 0.4) is 0 Å². The second-order valence-corrected chi connectivity index (χ2v) is 7.87. The van der Waals surface area contributed by atoms with Crippen molar-refractivity contribution in [3.8, 4) is 0 Å². The van der Waals surface area contributed by atoms with Crippen LogP contribution in [0.25, 0.3) is 0 Å². The van der Waals surface area contributed by atoms with Gasteiger partial charge >= 0.3 is 11.4 Å². The van der Waals surface area contributed by atoms with Crippen LogP contribution in [0.15, 0.2) is 21.7 Å². The number of hydrogen-bond donors (Lipinski definition) is 0. The highest BCUT2D eigenvalue weighted by Gasteiger charge is 3.02. The number of rotatable bonds is 0. The van der Waals surface area contributed by atoms with Gasteiger partial charge in [-0.25, -0.2) is 23.5 Å². The van der Waals surface area contributed by atoms with Gasteiger partial charge in [0.15, 0.2) is 0 Å². The summed E-state index contributed by atoms with van der Waals surface area (Å²) >= 11 is 0. The Labute approximate surface area is 114 Å². The molecule has 2 bridgehead atoms. The van der Waals surface area contributed by atoms with Crippen molar-refractivity contribution in [2.24, 2.45) is 41.5 Å². The first kappa shape index (κ1) is 9.42. The van der Waals surface area contributed by atoms with Gasteiger partial charge in [0.05, 0.1) is 12.1 Å². The maximum Gasteiger partial charge on any atom is 0.347 e. The lowest BCUT2D eigenvalue weighted by Gasteiger charge is -2.49. The Morgan fingerprint density at radius 3 is 1.95 bits per heavy atom. The lowest BCUT2D eigenvalue weighted by Crippen LogP contribution is -2.53. The van der Waals surface area contributed by atoms with E-state index in [4.69, 9.17) is 0 Å². The highest BCUT2D eigenvalue weighted by molar-refractivity contribution is 5.50. The van der Waals surface area contributed by atoms with E-state index in [2.05, 4.69) is 12.2 Å². The minimum Gasteiger partial charge on any atom is -0.246 e. The molecule has 1 aromatic heterocycles. The topological polar surface area (TPSA) is 48.9 Å². The monoisotopic (exact) mass is 269 g/mol. The molecule has 8 atom stereocenters. The molecule has 0 amide bonds. The van der Waals surface area contributed by atoms with E-state index < -0.39 is 0 Å². The Morgan fingerprint density at radius 1 is 0.950 bits per heavy atom. The Hall–Kier alpha value is -1.52. The molecule has 2 unspecified atom stereocenters. The van der Waals surface area contributed by atoms with Crippen molar-refractivity contribution < 1.29 is 0 Å². The molecule has 0 N–H and O–H groups in total. The standard InChI is InChI=1S/C15H15N3O2/c1-16-12(19)17-10-7-6-8(7)11(18(17)13(16)20)15-5-3-2-4-14(10,15)9(6)15/h2-3,6-11H,4-5H2,1H3/t6?,7-,8-,9?,10+,11+,14-,15+/m0/s1. The SMILES string of the molecule is Cn1c(=O)n2n(c1=O)[C@@H]1[C@H]3C4C5[C@@]6(CC=CC[C@@]516)[C@H]2[C@@H]43. The Bertz CT molecular complexity index is 820. The second kappa shape index (κ2) is 2.11. The zero-order valence-electron chi connectivity index (χ0n) is 11.2. The Kier molecular flexibility index (Phi) is 0.992. The average molecular weight is 269 g/mol. The molecule has 2 spiro atoms. The van der Waals surface area contributed by atoms with E-state index >= 15 is 0 Å². The van der Waals surface area contributed by atoms with Gasteiger partial charge in [0, 0.05) is 17.9 Å².